The van der Waals surface area contributed by atoms with Crippen LogP contribution in [0.2, 0.25) is 0 Å². The Labute approximate surface area is 92.7 Å². The molecule has 0 amide bonds. The second-order valence-electron chi connectivity index (χ2n) is 3.44. The topological polar surface area (TPSA) is 17.8 Å². The number of alkyl halides is 1. The van der Waals surface area contributed by atoms with Gasteiger partial charge in [0.05, 0.1) is 10.9 Å². The summed E-state index contributed by atoms with van der Waals surface area (Å²) in [6, 6.07) is 4.90. The predicted octanol–water partition coefficient (Wildman–Crippen LogP) is 3.50. The summed E-state index contributed by atoms with van der Waals surface area (Å²) in [5.41, 5.74) is 1.21. The third-order valence-corrected chi connectivity index (χ3v) is 2.61. The molecule has 1 heterocycles. The van der Waals surface area contributed by atoms with Crippen molar-refractivity contribution in [3.05, 3.63) is 29.8 Å². The van der Waals surface area contributed by atoms with Crippen molar-refractivity contribution >= 4 is 22.6 Å². The van der Waals surface area contributed by atoms with Crippen molar-refractivity contribution in [3.8, 4) is 0 Å². The smallest absolute Gasteiger partial charge is 0.149 e. The van der Waals surface area contributed by atoms with Gasteiger partial charge in [0.1, 0.15) is 17.2 Å². The van der Waals surface area contributed by atoms with Crippen LogP contribution in [-0.2, 0) is 6.54 Å². The first-order chi connectivity index (χ1) is 7.15. The molecular formula is C11H12ClFN2. The van der Waals surface area contributed by atoms with Crippen LogP contribution < -0.4 is 0 Å². The molecule has 2 rings (SSSR count). The molecule has 1 unspecified atom stereocenters. The van der Waals surface area contributed by atoms with Gasteiger partial charge in [0, 0.05) is 6.54 Å². The molecule has 0 aliphatic heterocycles. The van der Waals surface area contributed by atoms with E-state index >= 15 is 0 Å². The molecule has 2 aromatic rings. The molecule has 0 N–H and O–H groups in total. The van der Waals surface area contributed by atoms with E-state index in [0.717, 1.165) is 5.82 Å². The molecule has 1 atom stereocenters. The van der Waals surface area contributed by atoms with Gasteiger partial charge in [-0.05, 0) is 26.0 Å². The van der Waals surface area contributed by atoms with Gasteiger partial charge >= 0.3 is 0 Å². The van der Waals surface area contributed by atoms with Crippen molar-refractivity contribution in [2.75, 3.05) is 0 Å². The number of fused-ring (bicyclic) bond motifs is 1. The van der Waals surface area contributed by atoms with E-state index in [1.54, 1.807) is 12.1 Å². The molecule has 1 aromatic carbocycles. The van der Waals surface area contributed by atoms with Crippen molar-refractivity contribution in [1.82, 2.24) is 9.55 Å². The number of aryl methyl sites for hydroxylation is 1. The van der Waals surface area contributed by atoms with Gasteiger partial charge in [-0.1, -0.05) is 6.07 Å². The summed E-state index contributed by atoms with van der Waals surface area (Å²) in [5, 5.41) is -0.211. The van der Waals surface area contributed by atoms with E-state index in [-0.39, 0.29) is 11.2 Å². The molecule has 4 heteroatoms. The quantitative estimate of drug-likeness (QED) is 0.717. The van der Waals surface area contributed by atoms with Crippen LogP contribution in [0, 0.1) is 5.82 Å². The fraction of sp³-hybridized carbons (Fsp3) is 0.364. The van der Waals surface area contributed by atoms with Gasteiger partial charge < -0.3 is 4.57 Å². The molecule has 0 radical (unpaired) electrons. The summed E-state index contributed by atoms with van der Waals surface area (Å²) in [7, 11) is 0. The Kier molecular flexibility index (Phi) is 2.65. The van der Waals surface area contributed by atoms with Crippen LogP contribution in [0.25, 0.3) is 11.0 Å². The predicted molar refractivity (Wildman–Crippen MR) is 59.6 cm³/mol. The van der Waals surface area contributed by atoms with Crippen molar-refractivity contribution < 1.29 is 4.39 Å². The van der Waals surface area contributed by atoms with Crippen LogP contribution in [0.1, 0.15) is 25.0 Å². The average molecular weight is 227 g/mol. The molecule has 0 spiro atoms. The number of halogens is 2. The zero-order valence-electron chi connectivity index (χ0n) is 8.67. The first kappa shape index (κ1) is 10.4. The fourth-order valence-electron chi connectivity index (χ4n) is 1.78. The maximum absolute atomic E-state index is 13.6. The van der Waals surface area contributed by atoms with Gasteiger partial charge in [-0.2, -0.15) is 0 Å². The zero-order chi connectivity index (χ0) is 11.0. The van der Waals surface area contributed by atoms with Gasteiger partial charge in [0.2, 0.25) is 0 Å². The third-order valence-electron chi connectivity index (χ3n) is 2.42. The molecule has 0 saturated heterocycles. The van der Waals surface area contributed by atoms with E-state index in [0.29, 0.717) is 17.6 Å². The molecule has 1 aromatic heterocycles. The summed E-state index contributed by atoms with van der Waals surface area (Å²) < 4.78 is 15.4. The van der Waals surface area contributed by atoms with E-state index < -0.39 is 0 Å². The lowest BCUT2D eigenvalue weighted by Crippen LogP contribution is -2.02. The lowest BCUT2D eigenvalue weighted by molar-refractivity contribution is 0.620. The Bertz CT molecular complexity index is 491. The summed E-state index contributed by atoms with van der Waals surface area (Å²) in [6.45, 7) is 4.47. The summed E-state index contributed by atoms with van der Waals surface area (Å²) >= 11 is 6.01. The number of aromatic nitrogens is 2. The van der Waals surface area contributed by atoms with Crippen LogP contribution in [0.15, 0.2) is 18.2 Å². The highest BCUT2D eigenvalue weighted by Crippen LogP contribution is 2.25. The molecule has 0 aliphatic carbocycles. The van der Waals surface area contributed by atoms with Crippen molar-refractivity contribution in [1.29, 1.82) is 0 Å². The maximum Gasteiger partial charge on any atom is 0.149 e. The average Bonchev–Trinajstić information content (AvgIpc) is 2.57. The molecule has 2 nitrogen and oxygen atoms in total. The zero-order valence-corrected chi connectivity index (χ0v) is 9.42. The Morgan fingerprint density at radius 1 is 1.53 bits per heavy atom. The Balaban J connectivity index is 2.80. The van der Waals surface area contributed by atoms with E-state index in [4.69, 9.17) is 11.6 Å². The van der Waals surface area contributed by atoms with Crippen LogP contribution in [0.4, 0.5) is 4.39 Å². The number of hydrogen-bond acceptors (Lipinski definition) is 1. The molecule has 0 aliphatic rings. The number of nitrogens with zero attached hydrogens (tertiary/aromatic N) is 2. The molecule has 0 fully saturated rings. The largest absolute Gasteiger partial charge is 0.325 e. The molecule has 0 bridgehead atoms. The number of para-hydroxylation sites is 1. The number of hydrogen-bond donors (Lipinski definition) is 0. The van der Waals surface area contributed by atoms with E-state index in [1.165, 1.54) is 6.07 Å². The third kappa shape index (κ3) is 1.61. The Morgan fingerprint density at radius 3 is 2.87 bits per heavy atom. The molecule has 15 heavy (non-hydrogen) atoms. The normalized spacial score (nSPS) is 13.3. The van der Waals surface area contributed by atoms with Gasteiger partial charge in [-0.15, -0.1) is 11.6 Å². The minimum absolute atomic E-state index is 0.211. The van der Waals surface area contributed by atoms with E-state index in [9.17, 15) is 4.39 Å². The van der Waals surface area contributed by atoms with Gasteiger partial charge in [0.15, 0.2) is 0 Å². The first-order valence-corrected chi connectivity index (χ1v) is 5.37. The Hall–Kier alpha value is -1.09. The monoisotopic (exact) mass is 226 g/mol. The second kappa shape index (κ2) is 3.81. The molecular weight excluding hydrogens is 215 g/mol. The highest BCUT2D eigenvalue weighted by molar-refractivity contribution is 6.20. The van der Waals surface area contributed by atoms with Crippen molar-refractivity contribution in [2.45, 2.75) is 25.8 Å². The SMILES string of the molecule is CCn1c(C(C)Cl)nc2cccc(F)c21. The van der Waals surface area contributed by atoms with Crippen LogP contribution >= 0.6 is 11.6 Å². The van der Waals surface area contributed by atoms with Crippen LogP contribution in [0.5, 0.6) is 0 Å². The minimum Gasteiger partial charge on any atom is -0.325 e. The summed E-state index contributed by atoms with van der Waals surface area (Å²) in [5.74, 6) is 0.477. The van der Waals surface area contributed by atoms with Gasteiger partial charge in [-0.3, -0.25) is 0 Å². The number of rotatable bonds is 2. The highest BCUT2D eigenvalue weighted by atomic mass is 35.5. The van der Waals surface area contributed by atoms with Crippen molar-refractivity contribution in [3.63, 3.8) is 0 Å². The fourth-order valence-corrected chi connectivity index (χ4v) is 1.95. The Morgan fingerprint density at radius 2 is 2.27 bits per heavy atom. The summed E-state index contributed by atoms with van der Waals surface area (Å²) in [4.78, 5) is 4.33. The van der Waals surface area contributed by atoms with E-state index in [1.807, 2.05) is 18.4 Å². The maximum atomic E-state index is 13.6. The summed E-state index contributed by atoms with van der Waals surface area (Å²) in [6.07, 6.45) is 0. The molecule has 80 valence electrons. The van der Waals surface area contributed by atoms with Crippen LogP contribution in [0.3, 0.4) is 0 Å². The molecule has 0 saturated carbocycles. The van der Waals surface area contributed by atoms with Gasteiger partial charge in [0.25, 0.3) is 0 Å². The first-order valence-electron chi connectivity index (χ1n) is 4.94. The standard InChI is InChI=1S/C11H12ClFN2/c1-3-15-10-8(13)5-4-6-9(10)14-11(15)7(2)12/h4-7H,3H2,1-2H3. The van der Waals surface area contributed by atoms with Crippen LogP contribution in [-0.4, -0.2) is 9.55 Å². The minimum atomic E-state index is -0.245. The number of benzene rings is 1. The van der Waals surface area contributed by atoms with E-state index in [2.05, 4.69) is 4.98 Å². The lowest BCUT2D eigenvalue weighted by atomic mass is 10.3. The van der Waals surface area contributed by atoms with Gasteiger partial charge in [-0.25, -0.2) is 9.37 Å². The second-order valence-corrected chi connectivity index (χ2v) is 4.09. The lowest BCUT2D eigenvalue weighted by Gasteiger charge is -2.07. The van der Waals surface area contributed by atoms with Crippen molar-refractivity contribution in [2.24, 2.45) is 0 Å². The highest BCUT2D eigenvalue weighted by Gasteiger charge is 2.15. The number of imidazole rings is 1.